The maximum absolute atomic E-state index is 13.2. The molecule has 2 aromatic carbocycles. The molecule has 0 aliphatic heterocycles. The fourth-order valence-corrected chi connectivity index (χ4v) is 3.89. The molecule has 9 nitrogen and oxygen atoms in total. The predicted molar refractivity (Wildman–Crippen MR) is 102 cm³/mol. The molecular formula is C18H18N2O7S. The van der Waals surface area contributed by atoms with E-state index in [0.717, 1.165) is 23.5 Å². The predicted octanol–water partition coefficient (Wildman–Crippen LogP) is 2.53. The number of methoxy groups -OCH3 is 1. The van der Waals surface area contributed by atoms with E-state index in [1.165, 1.54) is 36.4 Å². The van der Waals surface area contributed by atoms with Gasteiger partial charge >= 0.3 is 5.97 Å². The number of sulfonamides is 1. The molecule has 0 N–H and O–H groups in total. The Morgan fingerprint density at radius 1 is 1.25 bits per heavy atom. The molecule has 0 spiro atoms. The van der Waals surface area contributed by atoms with Crippen molar-refractivity contribution >= 4 is 27.4 Å². The Kier molecular flexibility index (Phi) is 6.72. The second kappa shape index (κ2) is 9.00. The topological polar surface area (TPSA) is 116 Å². The Labute approximate surface area is 162 Å². The summed E-state index contributed by atoms with van der Waals surface area (Å²) in [6.07, 6.45) is 1.52. The molecule has 2 rings (SSSR count). The number of carbonyl (C=O) groups is 1. The maximum Gasteiger partial charge on any atom is 0.326 e. The summed E-state index contributed by atoms with van der Waals surface area (Å²) in [6.45, 7) is 3.05. The van der Waals surface area contributed by atoms with Crippen LogP contribution in [-0.2, 0) is 19.6 Å². The lowest BCUT2D eigenvalue weighted by molar-refractivity contribution is -0.387. The fraction of sp³-hybridized carbons (Fsp3) is 0.167. The van der Waals surface area contributed by atoms with Crippen molar-refractivity contribution < 1.29 is 27.6 Å². The van der Waals surface area contributed by atoms with Gasteiger partial charge in [0.05, 0.1) is 17.7 Å². The van der Waals surface area contributed by atoms with E-state index < -0.39 is 38.0 Å². The first-order valence-corrected chi connectivity index (χ1v) is 9.42. The smallest absolute Gasteiger partial charge is 0.326 e. The van der Waals surface area contributed by atoms with Crippen molar-refractivity contribution in [2.75, 3.05) is 24.6 Å². The summed E-state index contributed by atoms with van der Waals surface area (Å²) < 4.78 is 37.1. The SMILES string of the molecule is C=CCOc1cccc(N(CC(=O)OC)S(=O)(=O)c2ccccc2[N+](=O)[O-])c1. The van der Waals surface area contributed by atoms with E-state index in [2.05, 4.69) is 11.3 Å². The number of benzene rings is 2. The van der Waals surface area contributed by atoms with Crippen LogP contribution in [0.25, 0.3) is 0 Å². The Hall–Kier alpha value is -3.40. The zero-order chi connectivity index (χ0) is 20.7. The summed E-state index contributed by atoms with van der Waals surface area (Å²) in [5, 5.41) is 11.3. The van der Waals surface area contributed by atoms with Gasteiger partial charge in [0.1, 0.15) is 18.9 Å². The van der Waals surface area contributed by atoms with Crippen molar-refractivity contribution in [1.29, 1.82) is 0 Å². The molecule has 0 unspecified atom stereocenters. The highest BCUT2D eigenvalue weighted by molar-refractivity contribution is 7.93. The largest absolute Gasteiger partial charge is 0.489 e. The molecule has 0 aliphatic rings. The average molecular weight is 406 g/mol. The molecule has 0 fully saturated rings. The van der Waals surface area contributed by atoms with E-state index in [9.17, 15) is 23.3 Å². The second-order valence-corrected chi connectivity index (χ2v) is 7.24. The molecule has 0 amide bonds. The molecule has 0 aliphatic carbocycles. The van der Waals surface area contributed by atoms with Gasteiger partial charge in [-0.2, -0.15) is 0 Å². The summed E-state index contributed by atoms with van der Waals surface area (Å²) in [5.74, 6) is -0.496. The molecule has 28 heavy (non-hydrogen) atoms. The third kappa shape index (κ3) is 4.65. The van der Waals surface area contributed by atoms with Crippen molar-refractivity contribution in [2.24, 2.45) is 0 Å². The van der Waals surface area contributed by atoms with Gasteiger partial charge in [0, 0.05) is 12.1 Å². The zero-order valence-corrected chi connectivity index (χ0v) is 15.8. The lowest BCUT2D eigenvalue weighted by Crippen LogP contribution is -2.36. The molecule has 0 aromatic heterocycles. The van der Waals surface area contributed by atoms with Crippen molar-refractivity contribution in [1.82, 2.24) is 0 Å². The van der Waals surface area contributed by atoms with Crippen LogP contribution in [0.3, 0.4) is 0 Å². The van der Waals surface area contributed by atoms with Gasteiger partial charge < -0.3 is 9.47 Å². The van der Waals surface area contributed by atoms with Gasteiger partial charge in [-0.05, 0) is 18.2 Å². The van der Waals surface area contributed by atoms with Crippen molar-refractivity contribution in [3.8, 4) is 5.75 Å². The number of nitrogens with zero attached hydrogens (tertiary/aromatic N) is 2. The van der Waals surface area contributed by atoms with Crippen molar-refractivity contribution in [2.45, 2.75) is 4.90 Å². The summed E-state index contributed by atoms with van der Waals surface area (Å²) in [7, 11) is -3.34. The van der Waals surface area contributed by atoms with Gasteiger partial charge in [0.2, 0.25) is 0 Å². The maximum atomic E-state index is 13.2. The zero-order valence-electron chi connectivity index (χ0n) is 15.0. The molecule has 0 radical (unpaired) electrons. The second-order valence-electron chi connectivity index (χ2n) is 5.41. The number of ether oxygens (including phenoxy) is 2. The van der Waals surface area contributed by atoms with Crippen LogP contribution in [0.15, 0.2) is 66.1 Å². The molecule has 0 atom stereocenters. The minimum atomic E-state index is -4.46. The fourth-order valence-electron chi connectivity index (χ4n) is 2.33. The Morgan fingerprint density at radius 2 is 1.96 bits per heavy atom. The van der Waals surface area contributed by atoms with Crippen LogP contribution in [-0.4, -0.2) is 39.6 Å². The van der Waals surface area contributed by atoms with E-state index in [-0.39, 0.29) is 12.3 Å². The first kappa shape index (κ1) is 20.9. The number of esters is 1. The first-order valence-electron chi connectivity index (χ1n) is 7.98. The number of hydrogen-bond donors (Lipinski definition) is 0. The van der Waals surface area contributed by atoms with Crippen molar-refractivity contribution in [3.05, 3.63) is 71.3 Å². The lowest BCUT2D eigenvalue weighted by Gasteiger charge is -2.23. The molecule has 2 aromatic rings. The van der Waals surface area contributed by atoms with Crippen LogP contribution in [0.2, 0.25) is 0 Å². The Bertz CT molecular complexity index is 989. The van der Waals surface area contributed by atoms with Crippen LogP contribution >= 0.6 is 0 Å². The van der Waals surface area contributed by atoms with Crippen LogP contribution in [0, 0.1) is 10.1 Å². The minimum absolute atomic E-state index is 0.0881. The molecule has 0 saturated carbocycles. The van der Waals surface area contributed by atoms with Gasteiger partial charge in [0.15, 0.2) is 4.90 Å². The number of rotatable bonds is 9. The third-order valence-electron chi connectivity index (χ3n) is 3.60. The molecule has 0 heterocycles. The average Bonchev–Trinajstić information content (AvgIpc) is 2.70. The van der Waals surface area contributed by atoms with Crippen molar-refractivity contribution in [3.63, 3.8) is 0 Å². The molecular weight excluding hydrogens is 388 g/mol. The first-order chi connectivity index (χ1) is 13.3. The van der Waals surface area contributed by atoms with Gasteiger partial charge in [-0.15, -0.1) is 0 Å². The minimum Gasteiger partial charge on any atom is -0.489 e. The molecule has 10 heteroatoms. The standard InChI is InChI=1S/C18H18N2O7S/c1-3-11-27-15-8-6-7-14(12-15)19(13-18(21)26-2)28(24,25)17-10-5-4-9-16(17)20(22)23/h3-10,12H,1,11,13H2,2H3. The van der Waals surface area contributed by atoms with E-state index in [1.54, 1.807) is 6.07 Å². The van der Waals surface area contributed by atoms with Gasteiger partial charge in [0.25, 0.3) is 15.7 Å². The highest BCUT2D eigenvalue weighted by Gasteiger charge is 2.33. The molecule has 0 bridgehead atoms. The number of carbonyl (C=O) groups excluding carboxylic acids is 1. The van der Waals surface area contributed by atoms with Gasteiger partial charge in [-0.1, -0.05) is 30.9 Å². The normalized spacial score (nSPS) is 10.8. The number of para-hydroxylation sites is 1. The van der Waals surface area contributed by atoms with E-state index in [1.807, 2.05) is 0 Å². The summed E-state index contributed by atoms with van der Waals surface area (Å²) in [6, 6.07) is 10.9. The van der Waals surface area contributed by atoms with E-state index >= 15 is 0 Å². The Morgan fingerprint density at radius 3 is 2.61 bits per heavy atom. The highest BCUT2D eigenvalue weighted by Crippen LogP contribution is 2.31. The van der Waals surface area contributed by atoms with E-state index in [0.29, 0.717) is 5.75 Å². The molecule has 0 saturated heterocycles. The molecule has 148 valence electrons. The van der Waals surface area contributed by atoms with E-state index in [4.69, 9.17) is 4.74 Å². The number of nitro benzene ring substituents is 1. The number of hydrogen-bond acceptors (Lipinski definition) is 7. The van der Waals surface area contributed by atoms with Crippen LogP contribution < -0.4 is 9.04 Å². The lowest BCUT2D eigenvalue weighted by atomic mass is 10.3. The van der Waals surface area contributed by atoms with Crippen LogP contribution in [0.4, 0.5) is 11.4 Å². The summed E-state index contributed by atoms with van der Waals surface area (Å²) in [4.78, 5) is 21.8. The summed E-state index contributed by atoms with van der Waals surface area (Å²) >= 11 is 0. The number of anilines is 1. The Balaban J connectivity index is 2.59. The third-order valence-corrected chi connectivity index (χ3v) is 5.43. The van der Waals surface area contributed by atoms with Gasteiger partial charge in [-0.3, -0.25) is 19.2 Å². The quantitative estimate of drug-likeness (QED) is 0.272. The van der Waals surface area contributed by atoms with Crippen LogP contribution in [0.1, 0.15) is 0 Å². The van der Waals surface area contributed by atoms with Crippen LogP contribution in [0.5, 0.6) is 5.75 Å². The highest BCUT2D eigenvalue weighted by atomic mass is 32.2. The van der Waals surface area contributed by atoms with Gasteiger partial charge in [-0.25, -0.2) is 8.42 Å². The monoisotopic (exact) mass is 406 g/mol. The number of nitro groups is 1. The summed E-state index contributed by atoms with van der Waals surface area (Å²) in [5.41, 5.74) is -0.512.